The number of imidazole rings is 1. The fourth-order valence-corrected chi connectivity index (χ4v) is 2.21. The molecule has 2 rings (SSSR count). The summed E-state index contributed by atoms with van der Waals surface area (Å²) in [5, 5.41) is 3.44. The number of aryl methyl sites for hydroxylation is 3. The molecule has 96 valence electrons. The molecule has 0 aliphatic carbocycles. The van der Waals surface area contributed by atoms with Gasteiger partial charge in [0, 0.05) is 24.6 Å². The summed E-state index contributed by atoms with van der Waals surface area (Å²) in [5.41, 5.74) is 3.74. The molecule has 0 saturated heterocycles. The van der Waals surface area contributed by atoms with Crippen LogP contribution >= 0.6 is 0 Å². The summed E-state index contributed by atoms with van der Waals surface area (Å²) in [6.45, 7) is 8.23. The third-order valence-electron chi connectivity index (χ3n) is 2.94. The van der Waals surface area contributed by atoms with Gasteiger partial charge in [-0.25, -0.2) is 4.98 Å². The number of nitrogens with zero attached hydrogens (tertiary/aromatic N) is 2. The minimum atomic E-state index is 0.774. The zero-order chi connectivity index (χ0) is 13.0. The Balaban J connectivity index is 2.04. The molecule has 0 aliphatic heterocycles. The number of hydrogen-bond donors (Lipinski definition) is 1. The number of rotatable bonds is 5. The minimum absolute atomic E-state index is 0.774. The standard InChI is InChI=1S/C15H21N3/c1-4-6-18-7-5-16-15(18)11-17-14-9-12(2)8-13(3)10-14/h5,7-10,17H,4,6,11H2,1-3H3. The zero-order valence-corrected chi connectivity index (χ0v) is 11.4. The molecule has 0 bridgehead atoms. The topological polar surface area (TPSA) is 29.9 Å². The van der Waals surface area contributed by atoms with Gasteiger partial charge in [-0.3, -0.25) is 0 Å². The van der Waals surface area contributed by atoms with E-state index in [0.717, 1.165) is 25.3 Å². The molecular formula is C15H21N3. The van der Waals surface area contributed by atoms with Crippen LogP contribution in [-0.4, -0.2) is 9.55 Å². The highest BCUT2D eigenvalue weighted by Crippen LogP contribution is 2.14. The van der Waals surface area contributed by atoms with Crippen LogP contribution < -0.4 is 5.32 Å². The van der Waals surface area contributed by atoms with E-state index in [1.165, 1.54) is 16.8 Å². The van der Waals surface area contributed by atoms with Crippen LogP contribution in [0.15, 0.2) is 30.6 Å². The van der Waals surface area contributed by atoms with Crippen LogP contribution in [-0.2, 0) is 13.1 Å². The fourth-order valence-electron chi connectivity index (χ4n) is 2.21. The van der Waals surface area contributed by atoms with E-state index in [2.05, 4.69) is 53.8 Å². The molecule has 0 radical (unpaired) electrons. The monoisotopic (exact) mass is 243 g/mol. The molecule has 2 aromatic rings. The second kappa shape index (κ2) is 5.71. The van der Waals surface area contributed by atoms with E-state index < -0.39 is 0 Å². The number of hydrogen-bond acceptors (Lipinski definition) is 2. The van der Waals surface area contributed by atoms with Gasteiger partial charge in [-0.2, -0.15) is 0 Å². The Bertz CT molecular complexity index is 494. The van der Waals surface area contributed by atoms with E-state index in [9.17, 15) is 0 Å². The Morgan fingerprint density at radius 1 is 1.17 bits per heavy atom. The van der Waals surface area contributed by atoms with Crippen LogP contribution in [0.25, 0.3) is 0 Å². The number of nitrogens with one attached hydrogen (secondary N) is 1. The van der Waals surface area contributed by atoms with Gasteiger partial charge in [0.25, 0.3) is 0 Å². The first-order valence-corrected chi connectivity index (χ1v) is 6.51. The average Bonchev–Trinajstić information content (AvgIpc) is 2.73. The van der Waals surface area contributed by atoms with Crippen molar-refractivity contribution in [1.82, 2.24) is 9.55 Å². The predicted octanol–water partition coefficient (Wildman–Crippen LogP) is 3.52. The van der Waals surface area contributed by atoms with Crippen molar-refractivity contribution in [2.75, 3.05) is 5.32 Å². The summed E-state index contributed by atoms with van der Waals surface area (Å²) in [6.07, 6.45) is 5.04. The molecule has 0 unspecified atom stereocenters. The Morgan fingerprint density at radius 3 is 2.56 bits per heavy atom. The second-order valence-corrected chi connectivity index (χ2v) is 4.77. The maximum atomic E-state index is 4.40. The third kappa shape index (κ3) is 3.13. The normalized spacial score (nSPS) is 10.6. The lowest BCUT2D eigenvalue weighted by Gasteiger charge is -2.10. The first-order chi connectivity index (χ1) is 8.69. The van der Waals surface area contributed by atoms with Gasteiger partial charge in [-0.1, -0.05) is 13.0 Å². The summed E-state index contributed by atoms with van der Waals surface area (Å²) >= 11 is 0. The molecule has 0 spiro atoms. The van der Waals surface area contributed by atoms with Gasteiger partial charge in [0.15, 0.2) is 0 Å². The Labute approximate surface area is 109 Å². The maximum absolute atomic E-state index is 4.40. The van der Waals surface area contributed by atoms with Crippen LogP contribution in [0.3, 0.4) is 0 Å². The molecule has 1 heterocycles. The average molecular weight is 243 g/mol. The molecule has 0 amide bonds. The smallest absolute Gasteiger partial charge is 0.128 e. The van der Waals surface area contributed by atoms with Gasteiger partial charge in [-0.05, 0) is 43.5 Å². The molecule has 1 aromatic heterocycles. The van der Waals surface area contributed by atoms with Crippen molar-refractivity contribution in [1.29, 1.82) is 0 Å². The molecule has 1 N–H and O–H groups in total. The van der Waals surface area contributed by atoms with Crippen LogP contribution in [0.1, 0.15) is 30.3 Å². The lowest BCUT2D eigenvalue weighted by atomic mass is 10.1. The lowest BCUT2D eigenvalue weighted by Crippen LogP contribution is -2.08. The highest BCUT2D eigenvalue weighted by Gasteiger charge is 2.02. The van der Waals surface area contributed by atoms with E-state index in [0.29, 0.717) is 0 Å². The van der Waals surface area contributed by atoms with E-state index in [1.807, 2.05) is 12.4 Å². The van der Waals surface area contributed by atoms with Crippen LogP contribution in [0.2, 0.25) is 0 Å². The highest BCUT2D eigenvalue weighted by molar-refractivity contribution is 5.48. The van der Waals surface area contributed by atoms with Crippen molar-refractivity contribution in [3.63, 3.8) is 0 Å². The molecule has 0 atom stereocenters. The van der Waals surface area contributed by atoms with Gasteiger partial charge in [-0.15, -0.1) is 0 Å². The van der Waals surface area contributed by atoms with Gasteiger partial charge >= 0.3 is 0 Å². The Hall–Kier alpha value is -1.77. The van der Waals surface area contributed by atoms with Gasteiger partial charge in [0.05, 0.1) is 6.54 Å². The molecule has 3 nitrogen and oxygen atoms in total. The third-order valence-corrected chi connectivity index (χ3v) is 2.94. The van der Waals surface area contributed by atoms with Crippen molar-refractivity contribution < 1.29 is 0 Å². The molecular weight excluding hydrogens is 222 g/mol. The number of aromatic nitrogens is 2. The van der Waals surface area contributed by atoms with E-state index in [-0.39, 0.29) is 0 Å². The lowest BCUT2D eigenvalue weighted by molar-refractivity contribution is 0.644. The zero-order valence-electron chi connectivity index (χ0n) is 11.4. The SMILES string of the molecule is CCCn1ccnc1CNc1cc(C)cc(C)c1. The largest absolute Gasteiger partial charge is 0.378 e. The van der Waals surface area contributed by atoms with Gasteiger partial charge in [0.1, 0.15) is 5.82 Å². The van der Waals surface area contributed by atoms with Crippen molar-refractivity contribution >= 4 is 5.69 Å². The van der Waals surface area contributed by atoms with E-state index >= 15 is 0 Å². The molecule has 3 heteroatoms. The fraction of sp³-hybridized carbons (Fsp3) is 0.400. The summed E-state index contributed by atoms with van der Waals surface area (Å²) in [6, 6.07) is 6.52. The minimum Gasteiger partial charge on any atom is -0.378 e. The summed E-state index contributed by atoms with van der Waals surface area (Å²) in [7, 11) is 0. The molecule has 0 fully saturated rings. The number of benzene rings is 1. The molecule has 18 heavy (non-hydrogen) atoms. The predicted molar refractivity (Wildman–Crippen MR) is 75.8 cm³/mol. The van der Waals surface area contributed by atoms with Gasteiger partial charge < -0.3 is 9.88 Å². The van der Waals surface area contributed by atoms with E-state index in [4.69, 9.17) is 0 Å². The summed E-state index contributed by atoms with van der Waals surface area (Å²) < 4.78 is 2.20. The van der Waals surface area contributed by atoms with Crippen molar-refractivity contribution in [3.05, 3.63) is 47.5 Å². The maximum Gasteiger partial charge on any atom is 0.128 e. The first-order valence-electron chi connectivity index (χ1n) is 6.51. The number of anilines is 1. The molecule has 0 saturated carbocycles. The Kier molecular flexibility index (Phi) is 4.03. The van der Waals surface area contributed by atoms with Crippen LogP contribution in [0, 0.1) is 13.8 Å². The van der Waals surface area contributed by atoms with Crippen molar-refractivity contribution in [3.8, 4) is 0 Å². The highest BCUT2D eigenvalue weighted by atomic mass is 15.1. The van der Waals surface area contributed by atoms with Crippen molar-refractivity contribution in [2.45, 2.75) is 40.3 Å². The summed E-state index contributed by atoms with van der Waals surface area (Å²) in [4.78, 5) is 4.40. The first kappa shape index (κ1) is 12.7. The van der Waals surface area contributed by atoms with Gasteiger partial charge in [0.2, 0.25) is 0 Å². The molecule has 1 aromatic carbocycles. The molecule has 0 aliphatic rings. The van der Waals surface area contributed by atoms with Crippen LogP contribution in [0.5, 0.6) is 0 Å². The Morgan fingerprint density at radius 2 is 1.89 bits per heavy atom. The summed E-state index contributed by atoms with van der Waals surface area (Å²) in [5.74, 6) is 1.09. The van der Waals surface area contributed by atoms with Crippen molar-refractivity contribution in [2.24, 2.45) is 0 Å². The van der Waals surface area contributed by atoms with Crippen LogP contribution in [0.4, 0.5) is 5.69 Å². The van der Waals surface area contributed by atoms with E-state index in [1.54, 1.807) is 0 Å². The second-order valence-electron chi connectivity index (χ2n) is 4.77. The quantitative estimate of drug-likeness (QED) is 0.870.